The van der Waals surface area contributed by atoms with Gasteiger partial charge in [0.25, 0.3) is 5.91 Å². The van der Waals surface area contributed by atoms with Gasteiger partial charge in [0.15, 0.2) is 0 Å². The molecule has 0 bridgehead atoms. The highest BCUT2D eigenvalue weighted by atomic mass is 16.2. The number of nitrogens with one attached hydrogen (secondary N) is 1. The van der Waals surface area contributed by atoms with E-state index in [2.05, 4.69) is 48.3 Å². The summed E-state index contributed by atoms with van der Waals surface area (Å²) in [7, 11) is 0. The average molecular weight is 420 g/mol. The molecule has 1 saturated heterocycles. The van der Waals surface area contributed by atoms with Crippen molar-refractivity contribution in [3.05, 3.63) is 71.3 Å². The summed E-state index contributed by atoms with van der Waals surface area (Å²) in [5.41, 5.74) is 2.73. The molecule has 5 nitrogen and oxygen atoms in total. The number of carbonyl (C=O) groups is 2. The van der Waals surface area contributed by atoms with Crippen LogP contribution in [0.4, 0.5) is 0 Å². The van der Waals surface area contributed by atoms with E-state index in [4.69, 9.17) is 0 Å². The van der Waals surface area contributed by atoms with Crippen molar-refractivity contribution >= 4 is 11.8 Å². The van der Waals surface area contributed by atoms with Crippen LogP contribution in [0.1, 0.15) is 54.6 Å². The number of hydrogen-bond acceptors (Lipinski definition) is 3. The molecule has 4 rings (SSSR count). The molecule has 0 unspecified atom stereocenters. The normalized spacial score (nSPS) is 18.3. The number of benzene rings is 2. The van der Waals surface area contributed by atoms with Crippen LogP contribution >= 0.6 is 0 Å². The van der Waals surface area contributed by atoms with E-state index in [1.54, 1.807) is 0 Å². The molecule has 2 aromatic rings. The van der Waals surface area contributed by atoms with E-state index < -0.39 is 5.54 Å². The molecule has 1 N–H and O–H groups in total. The summed E-state index contributed by atoms with van der Waals surface area (Å²) in [5.74, 6) is 0.531. The van der Waals surface area contributed by atoms with E-state index in [1.165, 1.54) is 5.56 Å². The average Bonchev–Trinajstić information content (AvgIpc) is 3.12. The van der Waals surface area contributed by atoms with Gasteiger partial charge in [0, 0.05) is 38.3 Å². The highest BCUT2D eigenvalue weighted by Crippen LogP contribution is 2.38. The topological polar surface area (TPSA) is 52.7 Å². The first-order valence-corrected chi connectivity index (χ1v) is 11.4. The molecular weight excluding hydrogens is 386 g/mol. The van der Waals surface area contributed by atoms with E-state index in [0.29, 0.717) is 25.4 Å². The number of fused-ring (bicyclic) bond motifs is 1. The maximum atomic E-state index is 13.3. The molecule has 2 amide bonds. The maximum absolute atomic E-state index is 13.3. The summed E-state index contributed by atoms with van der Waals surface area (Å²) >= 11 is 0. The minimum Gasteiger partial charge on any atom is -0.356 e. The Morgan fingerprint density at radius 2 is 1.71 bits per heavy atom. The fourth-order valence-electron chi connectivity index (χ4n) is 4.83. The summed E-state index contributed by atoms with van der Waals surface area (Å²) in [5, 5.41) is 3.07. The number of nitrogens with zero attached hydrogens (tertiary/aromatic N) is 2. The minimum absolute atomic E-state index is 0.0500. The molecule has 5 heteroatoms. The van der Waals surface area contributed by atoms with Crippen molar-refractivity contribution < 1.29 is 9.59 Å². The van der Waals surface area contributed by atoms with Crippen LogP contribution in [0.2, 0.25) is 0 Å². The second-order valence-corrected chi connectivity index (χ2v) is 9.41. The first-order chi connectivity index (χ1) is 15.0. The van der Waals surface area contributed by atoms with Gasteiger partial charge in [-0.2, -0.15) is 0 Å². The summed E-state index contributed by atoms with van der Waals surface area (Å²) in [6, 6.07) is 18.3. The van der Waals surface area contributed by atoms with Gasteiger partial charge in [-0.05, 0) is 36.0 Å². The number of rotatable bonds is 7. The van der Waals surface area contributed by atoms with Crippen LogP contribution in [0.5, 0.6) is 0 Å². The molecule has 0 aliphatic carbocycles. The van der Waals surface area contributed by atoms with Crippen LogP contribution in [0.25, 0.3) is 0 Å². The lowest BCUT2D eigenvalue weighted by molar-refractivity contribution is -0.125. The first-order valence-electron chi connectivity index (χ1n) is 11.4. The Balaban J connectivity index is 1.50. The van der Waals surface area contributed by atoms with Crippen LogP contribution in [-0.4, -0.2) is 46.8 Å². The third kappa shape index (κ3) is 4.82. The lowest BCUT2D eigenvalue weighted by Gasteiger charge is -2.47. The van der Waals surface area contributed by atoms with Gasteiger partial charge in [-0.25, -0.2) is 0 Å². The summed E-state index contributed by atoms with van der Waals surface area (Å²) in [6.07, 6.45) is 2.00. The predicted molar refractivity (Wildman–Crippen MR) is 122 cm³/mol. The van der Waals surface area contributed by atoms with Crippen LogP contribution in [0, 0.1) is 5.92 Å². The lowest BCUT2D eigenvalue weighted by atomic mass is 9.82. The summed E-state index contributed by atoms with van der Waals surface area (Å²) in [6.45, 7) is 8.13. The van der Waals surface area contributed by atoms with Gasteiger partial charge in [-0.15, -0.1) is 0 Å². The second-order valence-electron chi connectivity index (χ2n) is 9.41. The van der Waals surface area contributed by atoms with Crippen molar-refractivity contribution in [2.75, 3.05) is 19.6 Å². The smallest absolute Gasteiger partial charge is 0.254 e. The van der Waals surface area contributed by atoms with Crippen molar-refractivity contribution in [3.63, 3.8) is 0 Å². The van der Waals surface area contributed by atoms with Gasteiger partial charge < -0.3 is 10.2 Å². The zero-order valence-corrected chi connectivity index (χ0v) is 18.6. The van der Waals surface area contributed by atoms with Gasteiger partial charge in [0.2, 0.25) is 5.91 Å². The standard InChI is InChI=1S/C26H33N3O2/c1-20(2)17-27-24(30)16-26(29-19-22-10-6-7-11-23(22)25(29)31)12-14-28(15-13-26)18-21-8-4-3-5-9-21/h3-11,20H,12-19H2,1-2H3,(H,27,30). The van der Waals surface area contributed by atoms with Gasteiger partial charge in [-0.1, -0.05) is 62.4 Å². The molecule has 2 aliphatic heterocycles. The van der Waals surface area contributed by atoms with E-state index in [1.807, 2.05) is 35.2 Å². The van der Waals surface area contributed by atoms with Crippen molar-refractivity contribution in [1.82, 2.24) is 15.1 Å². The first kappa shape index (κ1) is 21.6. The number of hydrogen-bond donors (Lipinski definition) is 1. The molecule has 0 saturated carbocycles. The molecule has 0 spiro atoms. The fourth-order valence-corrected chi connectivity index (χ4v) is 4.83. The Bertz CT molecular complexity index is 917. The maximum Gasteiger partial charge on any atom is 0.254 e. The highest BCUT2D eigenvalue weighted by Gasteiger charge is 2.46. The van der Waals surface area contributed by atoms with E-state index in [-0.39, 0.29) is 11.8 Å². The Kier molecular flexibility index (Phi) is 6.42. The molecule has 31 heavy (non-hydrogen) atoms. The second kappa shape index (κ2) is 9.23. The number of carbonyl (C=O) groups excluding carboxylic acids is 2. The van der Waals surface area contributed by atoms with Crippen molar-refractivity contribution in [3.8, 4) is 0 Å². The SMILES string of the molecule is CC(C)CNC(=O)CC1(N2Cc3ccccc3C2=O)CCN(Cc2ccccc2)CC1. The molecule has 164 valence electrons. The van der Waals surface area contributed by atoms with E-state index >= 15 is 0 Å². The Morgan fingerprint density at radius 1 is 1.03 bits per heavy atom. The number of amides is 2. The molecule has 2 aliphatic rings. The van der Waals surface area contributed by atoms with E-state index in [9.17, 15) is 9.59 Å². The Labute approximate surface area is 185 Å². The zero-order valence-electron chi connectivity index (χ0n) is 18.6. The number of piperidine rings is 1. The van der Waals surface area contributed by atoms with Crippen molar-refractivity contribution in [2.45, 2.75) is 51.7 Å². The monoisotopic (exact) mass is 419 g/mol. The summed E-state index contributed by atoms with van der Waals surface area (Å²) in [4.78, 5) is 30.6. The van der Waals surface area contributed by atoms with Crippen molar-refractivity contribution in [2.24, 2.45) is 5.92 Å². The predicted octanol–water partition coefficient (Wildman–Crippen LogP) is 3.84. The van der Waals surface area contributed by atoms with Crippen molar-refractivity contribution in [1.29, 1.82) is 0 Å². The van der Waals surface area contributed by atoms with Gasteiger partial charge in [-0.3, -0.25) is 14.5 Å². The van der Waals surface area contributed by atoms with Crippen LogP contribution in [0.3, 0.4) is 0 Å². The Hall–Kier alpha value is -2.66. The molecule has 0 aromatic heterocycles. The van der Waals surface area contributed by atoms with E-state index in [0.717, 1.165) is 43.6 Å². The third-order valence-corrected chi connectivity index (χ3v) is 6.63. The molecule has 0 radical (unpaired) electrons. The van der Waals surface area contributed by atoms with Crippen LogP contribution < -0.4 is 5.32 Å². The summed E-state index contributed by atoms with van der Waals surface area (Å²) < 4.78 is 0. The molecule has 2 heterocycles. The van der Waals surface area contributed by atoms with Gasteiger partial charge in [0.05, 0.1) is 12.0 Å². The molecule has 2 aromatic carbocycles. The Morgan fingerprint density at radius 3 is 2.39 bits per heavy atom. The molecular formula is C26H33N3O2. The van der Waals surface area contributed by atoms with Crippen LogP contribution in [0.15, 0.2) is 54.6 Å². The minimum atomic E-state index is -0.426. The highest BCUT2D eigenvalue weighted by molar-refractivity contribution is 5.99. The third-order valence-electron chi connectivity index (χ3n) is 6.63. The lowest BCUT2D eigenvalue weighted by Crippen LogP contribution is -2.57. The number of likely N-dealkylation sites (tertiary alicyclic amines) is 1. The van der Waals surface area contributed by atoms with Crippen LogP contribution in [-0.2, 0) is 17.9 Å². The zero-order chi connectivity index (χ0) is 21.8. The van der Waals surface area contributed by atoms with Gasteiger partial charge >= 0.3 is 0 Å². The van der Waals surface area contributed by atoms with Gasteiger partial charge in [0.1, 0.15) is 0 Å². The molecule has 1 fully saturated rings. The molecule has 0 atom stereocenters. The quantitative estimate of drug-likeness (QED) is 0.742. The largest absolute Gasteiger partial charge is 0.356 e. The fraction of sp³-hybridized carbons (Fsp3) is 0.462.